The summed E-state index contributed by atoms with van der Waals surface area (Å²) in [5.41, 5.74) is 1.30. The van der Waals surface area contributed by atoms with E-state index in [9.17, 15) is 4.79 Å². The van der Waals surface area contributed by atoms with Crippen LogP contribution in [0.15, 0.2) is 48.5 Å². The zero-order valence-corrected chi connectivity index (χ0v) is 11.3. The SMILES string of the molecule is O=C(C=Cc1ccc(Cl)c(Cl)c1)c1ccc(O)cc1. The van der Waals surface area contributed by atoms with Gasteiger partial charge in [-0.05, 0) is 48.0 Å². The summed E-state index contributed by atoms with van der Waals surface area (Å²) in [4.78, 5) is 11.9. The highest BCUT2D eigenvalue weighted by atomic mass is 35.5. The van der Waals surface area contributed by atoms with Crippen LogP contribution in [0.25, 0.3) is 6.08 Å². The van der Waals surface area contributed by atoms with Gasteiger partial charge >= 0.3 is 0 Å². The van der Waals surface area contributed by atoms with Crippen LogP contribution in [0.5, 0.6) is 5.75 Å². The lowest BCUT2D eigenvalue weighted by molar-refractivity contribution is 0.104. The largest absolute Gasteiger partial charge is 0.508 e. The van der Waals surface area contributed by atoms with Gasteiger partial charge in [0.1, 0.15) is 5.75 Å². The van der Waals surface area contributed by atoms with Gasteiger partial charge in [-0.3, -0.25) is 4.79 Å². The maximum atomic E-state index is 11.9. The number of benzene rings is 2. The molecule has 0 bridgehead atoms. The van der Waals surface area contributed by atoms with Gasteiger partial charge in [0.15, 0.2) is 5.78 Å². The molecule has 1 N–H and O–H groups in total. The van der Waals surface area contributed by atoms with Gasteiger partial charge < -0.3 is 5.11 Å². The fourth-order valence-corrected chi connectivity index (χ4v) is 1.82. The number of phenols is 1. The molecule has 0 radical (unpaired) electrons. The van der Waals surface area contributed by atoms with Crippen LogP contribution in [0, 0.1) is 0 Å². The Morgan fingerprint density at radius 2 is 1.68 bits per heavy atom. The highest BCUT2D eigenvalue weighted by molar-refractivity contribution is 6.42. The Morgan fingerprint density at radius 3 is 2.32 bits per heavy atom. The molecule has 0 aliphatic heterocycles. The van der Waals surface area contributed by atoms with Crippen molar-refractivity contribution in [3.05, 3.63) is 69.7 Å². The van der Waals surface area contributed by atoms with Crippen molar-refractivity contribution in [3.63, 3.8) is 0 Å². The summed E-state index contributed by atoms with van der Waals surface area (Å²) in [6, 6.07) is 11.2. The molecular weight excluding hydrogens is 283 g/mol. The summed E-state index contributed by atoms with van der Waals surface area (Å²) in [6.45, 7) is 0. The first-order chi connectivity index (χ1) is 9.06. The Hall–Kier alpha value is -1.77. The maximum absolute atomic E-state index is 11.9. The highest BCUT2D eigenvalue weighted by Gasteiger charge is 2.02. The fourth-order valence-electron chi connectivity index (χ4n) is 1.51. The van der Waals surface area contributed by atoms with Crippen molar-refractivity contribution in [2.75, 3.05) is 0 Å². The number of aromatic hydroxyl groups is 1. The molecule has 0 aromatic heterocycles. The van der Waals surface area contributed by atoms with E-state index in [0.29, 0.717) is 15.6 Å². The van der Waals surface area contributed by atoms with Crippen molar-refractivity contribution in [2.45, 2.75) is 0 Å². The summed E-state index contributed by atoms with van der Waals surface area (Å²) in [6.07, 6.45) is 3.11. The molecule has 4 heteroatoms. The molecule has 19 heavy (non-hydrogen) atoms. The van der Waals surface area contributed by atoms with Crippen molar-refractivity contribution in [3.8, 4) is 5.75 Å². The Kier molecular flexibility index (Phi) is 4.25. The van der Waals surface area contributed by atoms with Crippen LogP contribution in [0.1, 0.15) is 15.9 Å². The maximum Gasteiger partial charge on any atom is 0.185 e. The Labute approximate surface area is 120 Å². The Bertz CT molecular complexity index is 631. The number of rotatable bonds is 3. The minimum Gasteiger partial charge on any atom is -0.508 e. The van der Waals surface area contributed by atoms with Crippen LogP contribution in [0.4, 0.5) is 0 Å². The molecule has 0 amide bonds. The number of carbonyl (C=O) groups excluding carboxylic acids is 1. The molecule has 0 spiro atoms. The molecule has 2 aromatic carbocycles. The minimum absolute atomic E-state index is 0.130. The Balaban J connectivity index is 2.15. The third-order valence-electron chi connectivity index (χ3n) is 2.52. The molecule has 96 valence electrons. The van der Waals surface area contributed by atoms with Crippen LogP contribution >= 0.6 is 23.2 Å². The lowest BCUT2D eigenvalue weighted by atomic mass is 10.1. The van der Waals surface area contributed by atoms with E-state index in [1.807, 2.05) is 0 Å². The van der Waals surface area contributed by atoms with Crippen LogP contribution < -0.4 is 0 Å². The van der Waals surface area contributed by atoms with E-state index in [4.69, 9.17) is 28.3 Å². The molecule has 0 aliphatic carbocycles. The number of allylic oxidation sites excluding steroid dienone is 1. The van der Waals surface area contributed by atoms with E-state index in [-0.39, 0.29) is 11.5 Å². The number of hydrogen-bond donors (Lipinski definition) is 1. The zero-order valence-electron chi connectivity index (χ0n) is 9.81. The first-order valence-corrected chi connectivity index (χ1v) is 6.28. The van der Waals surface area contributed by atoms with Crippen molar-refractivity contribution < 1.29 is 9.90 Å². The molecule has 0 heterocycles. The first-order valence-electron chi connectivity index (χ1n) is 5.53. The summed E-state index contributed by atoms with van der Waals surface area (Å²) in [5, 5.41) is 10.1. The van der Waals surface area contributed by atoms with E-state index in [2.05, 4.69) is 0 Å². The van der Waals surface area contributed by atoms with Crippen molar-refractivity contribution >= 4 is 35.1 Å². The number of carbonyl (C=O) groups is 1. The summed E-state index contributed by atoms with van der Waals surface area (Å²) < 4.78 is 0. The molecule has 2 rings (SSSR count). The van der Waals surface area contributed by atoms with E-state index in [1.165, 1.54) is 18.2 Å². The van der Waals surface area contributed by atoms with E-state index in [0.717, 1.165) is 5.56 Å². The predicted octanol–water partition coefficient (Wildman–Crippen LogP) is 4.60. The number of ketones is 1. The van der Waals surface area contributed by atoms with Gasteiger partial charge in [0.25, 0.3) is 0 Å². The smallest absolute Gasteiger partial charge is 0.185 e. The van der Waals surface area contributed by atoms with Gasteiger partial charge in [-0.1, -0.05) is 35.3 Å². The van der Waals surface area contributed by atoms with Crippen LogP contribution in [-0.4, -0.2) is 10.9 Å². The topological polar surface area (TPSA) is 37.3 Å². The quantitative estimate of drug-likeness (QED) is 0.663. The minimum atomic E-state index is -0.147. The monoisotopic (exact) mass is 292 g/mol. The molecular formula is C15H10Cl2O2. The van der Waals surface area contributed by atoms with Crippen LogP contribution in [0.3, 0.4) is 0 Å². The predicted molar refractivity (Wildman–Crippen MR) is 77.9 cm³/mol. The second-order valence-corrected chi connectivity index (χ2v) is 4.73. The molecule has 2 nitrogen and oxygen atoms in total. The fraction of sp³-hybridized carbons (Fsp3) is 0. The third-order valence-corrected chi connectivity index (χ3v) is 3.26. The summed E-state index contributed by atoms with van der Waals surface area (Å²) >= 11 is 11.7. The molecule has 0 saturated carbocycles. The van der Waals surface area contributed by atoms with Gasteiger partial charge in [0, 0.05) is 5.56 Å². The van der Waals surface area contributed by atoms with E-state index in [1.54, 1.807) is 36.4 Å². The average molecular weight is 293 g/mol. The number of hydrogen-bond acceptors (Lipinski definition) is 2. The molecule has 2 aromatic rings. The molecule has 0 saturated heterocycles. The van der Waals surface area contributed by atoms with Gasteiger partial charge in [0.05, 0.1) is 10.0 Å². The second kappa shape index (κ2) is 5.91. The second-order valence-electron chi connectivity index (χ2n) is 3.92. The lowest BCUT2D eigenvalue weighted by Crippen LogP contribution is -1.92. The summed E-state index contributed by atoms with van der Waals surface area (Å²) in [5.74, 6) is -0.0175. The molecule has 0 unspecified atom stereocenters. The van der Waals surface area contributed by atoms with Gasteiger partial charge in [-0.2, -0.15) is 0 Å². The molecule has 0 aliphatic rings. The molecule has 0 fully saturated rings. The molecule has 0 atom stereocenters. The highest BCUT2D eigenvalue weighted by Crippen LogP contribution is 2.23. The normalized spacial score (nSPS) is 10.8. The van der Waals surface area contributed by atoms with Gasteiger partial charge in [-0.15, -0.1) is 0 Å². The van der Waals surface area contributed by atoms with Crippen molar-refractivity contribution in [1.82, 2.24) is 0 Å². The van der Waals surface area contributed by atoms with Gasteiger partial charge in [0.2, 0.25) is 0 Å². The summed E-state index contributed by atoms with van der Waals surface area (Å²) in [7, 11) is 0. The van der Waals surface area contributed by atoms with Crippen LogP contribution in [-0.2, 0) is 0 Å². The zero-order chi connectivity index (χ0) is 13.8. The average Bonchev–Trinajstić information content (AvgIpc) is 2.40. The standard InChI is InChI=1S/C15H10Cl2O2/c16-13-7-1-10(9-14(13)17)2-8-15(19)11-3-5-12(18)6-4-11/h1-9,18H. The van der Waals surface area contributed by atoms with Crippen LogP contribution in [0.2, 0.25) is 10.0 Å². The Morgan fingerprint density at radius 1 is 1.00 bits per heavy atom. The van der Waals surface area contributed by atoms with Crippen molar-refractivity contribution in [2.24, 2.45) is 0 Å². The van der Waals surface area contributed by atoms with Crippen molar-refractivity contribution in [1.29, 1.82) is 0 Å². The van der Waals surface area contributed by atoms with Gasteiger partial charge in [-0.25, -0.2) is 0 Å². The first kappa shape index (κ1) is 13.7. The number of halogens is 2. The third kappa shape index (κ3) is 3.60. The lowest BCUT2D eigenvalue weighted by Gasteiger charge is -1.98. The van der Waals surface area contributed by atoms with E-state index < -0.39 is 0 Å². The van der Waals surface area contributed by atoms with E-state index >= 15 is 0 Å². The number of phenolic OH excluding ortho intramolecular Hbond substituents is 1.